The molecule has 1 heterocycles. The highest BCUT2D eigenvalue weighted by molar-refractivity contribution is 9.10. The fourth-order valence-electron chi connectivity index (χ4n) is 1.59. The molecule has 0 atom stereocenters. The van der Waals surface area contributed by atoms with Crippen LogP contribution in [0.2, 0.25) is 0 Å². The Labute approximate surface area is 125 Å². The highest BCUT2D eigenvalue weighted by Crippen LogP contribution is 2.31. The van der Waals surface area contributed by atoms with Crippen molar-refractivity contribution >= 4 is 25.8 Å². The molecule has 1 aromatic carbocycles. The third kappa shape index (κ3) is 3.49. The third-order valence-corrected chi connectivity index (χ3v) is 4.00. The molecule has 2 rings (SSSR count). The number of hydrogen-bond donors (Lipinski definition) is 0. The van der Waals surface area contributed by atoms with Gasteiger partial charge in [0.2, 0.25) is 0 Å². The molecule has 7 heteroatoms. The molecule has 0 saturated carbocycles. The van der Waals surface area contributed by atoms with Crippen LogP contribution < -0.4 is 9.47 Å². The van der Waals surface area contributed by atoms with Crippen LogP contribution in [0.4, 0.5) is 0 Å². The van der Waals surface area contributed by atoms with Crippen LogP contribution in [0.1, 0.15) is 0 Å². The van der Waals surface area contributed by atoms with E-state index in [1.807, 2.05) is 0 Å². The SMILES string of the molecule is COc1ccc(Oc2cncc(Br)c2)cc1S(C)(=O)=O. The average molecular weight is 358 g/mol. The summed E-state index contributed by atoms with van der Waals surface area (Å²) in [6, 6.07) is 6.35. The maximum atomic E-state index is 11.7. The number of methoxy groups -OCH3 is 1. The van der Waals surface area contributed by atoms with Crippen LogP contribution in [0.3, 0.4) is 0 Å². The zero-order valence-electron chi connectivity index (χ0n) is 10.8. The van der Waals surface area contributed by atoms with Gasteiger partial charge in [0, 0.05) is 23.0 Å². The summed E-state index contributed by atoms with van der Waals surface area (Å²) in [5.74, 6) is 1.18. The Morgan fingerprint density at radius 1 is 1.15 bits per heavy atom. The van der Waals surface area contributed by atoms with E-state index in [1.165, 1.54) is 19.4 Å². The fourth-order valence-corrected chi connectivity index (χ4v) is 2.79. The van der Waals surface area contributed by atoms with Crippen LogP contribution in [0, 0.1) is 0 Å². The van der Waals surface area contributed by atoms with Crippen molar-refractivity contribution in [2.75, 3.05) is 13.4 Å². The molecule has 0 bridgehead atoms. The minimum atomic E-state index is -3.40. The van der Waals surface area contributed by atoms with Crippen LogP contribution in [0.25, 0.3) is 0 Å². The first-order valence-electron chi connectivity index (χ1n) is 5.56. The molecule has 0 fully saturated rings. The van der Waals surface area contributed by atoms with Gasteiger partial charge in [-0.25, -0.2) is 8.42 Å². The minimum absolute atomic E-state index is 0.0838. The normalized spacial score (nSPS) is 11.2. The topological polar surface area (TPSA) is 65.5 Å². The standard InChI is InChI=1S/C13H12BrNO4S/c1-18-12-4-3-10(6-13(12)20(2,16)17)19-11-5-9(14)7-15-8-11/h3-8H,1-2H3. The highest BCUT2D eigenvalue weighted by atomic mass is 79.9. The molecule has 0 unspecified atom stereocenters. The molecule has 0 aliphatic heterocycles. The lowest BCUT2D eigenvalue weighted by Crippen LogP contribution is -2.01. The maximum absolute atomic E-state index is 11.7. The molecule has 106 valence electrons. The van der Waals surface area contributed by atoms with Crippen LogP contribution in [-0.2, 0) is 9.84 Å². The van der Waals surface area contributed by atoms with Crippen molar-refractivity contribution in [1.29, 1.82) is 0 Å². The van der Waals surface area contributed by atoms with Gasteiger partial charge in [0.05, 0.1) is 13.3 Å². The van der Waals surface area contributed by atoms with Gasteiger partial charge in [-0.15, -0.1) is 0 Å². The minimum Gasteiger partial charge on any atom is -0.495 e. The molecular weight excluding hydrogens is 346 g/mol. The lowest BCUT2D eigenvalue weighted by atomic mass is 10.3. The number of benzene rings is 1. The van der Waals surface area contributed by atoms with Crippen LogP contribution in [0.15, 0.2) is 46.0 Å². The van der Waals surface area contributed by atoms with Crippen LogP contribution >= 0.6 is 15.9 Å². The van der Waals surface area contributed by atoms with Gasteiger partial charge in [-0.3, -0.25) is 4.98 Å². The largest absolute Gasteiger partial charge is 0.495 e. The number of rotatable bonds is 4. The number of pyridine rings is 1. The van der Waals surface area contributed by atoms with E-state index in [2.05, 4.69) is 20.9 Å². The first-order valence-corrected chi connectivity index (χ1v) is 8.25. The molecule has 0 radical (unpaired) electrons. The summed E-state index contributed by atoms with van der Waals surface area (Å²) < 4.78 is 34.8. The van der Waals surface area contributed by atoms with E-state index in [0.717, 1.165) is 10.7 Å². The Balaban J connectivity index is 2.39. The first-order chi connectivity index (χ1) is 9.40. The summed E-state index contributed by atoms with van der Waals surface area (Å²) >= 11 is 3.29. The summed E-state index contributed by atoms with van der Waals surface area (Å²) in [6.45, 7) is 0. The third-order valence-electron chi connectivity index (χ3n) is 2.45. The smallest absolute Gasteiger partial charge is 0.179 e. The summed E-state index contributed by atoms with van der Waals surface area (Å²) in [7, 11) is -1.98. The van der Waals surface area contributed by atoms with Crippen molar-refractivity contribution in [2.24, 2.45) is 0 Å². The molecule has 0 amide bonds. The van der Waals surface area contributed by atoms with E-state index in [0.29, 0.717) is 11.5 Å². The maximum Gasteiger partial charge on any atom is 0.179 e. The fraction of sp³-hybridized carbons (Fsp3) is 0.154. The summed E-state index contributed by atoms with van der Waals surface area (Å²) in [5, 5.41) is 0. The molecule has 0 aliphatic carbocycles. The van der Waals surface area contributed by atoms with E-state index in [4.69, 9.17) is 9.47 Å². The van der Waals surface area contributed by atoms with E-state index in [-0.39, 0.29) is 10.6 Å². The Kier molecular flexibility index (Phi) is 4.29. The number of sulfone groups is 1. The van der Waals surface area contributed by atoms with Crippen molar-refractivity contribution in [3.63, 3.8) is 0 Å². The second-order valence-corrected chi connectivity index (χ2v) is 6.93. The van der Waals surface area contributed by atoms with Gasteiger partial charge < -0.3 is 9.47 Å². The number of nitrogens with zero attached hydrogens (tertiary/aromatic N) is 1. The van der Waals surface area contributed by atoms with Gasteiger partial charge in [-0.05, 0) is 34.1 Å². The van der Waals surface area contributed by atoms with Gasteiger partial charge in [0.1, 0.15) is 22.1 Å². The molecule has 20 heavy (non-hydrogen) atoms. The zero-order valence-corrected chi connectivity index (χ0v) is 13.2. The molecule has 0 spiro atoms. The average Bonchev–Trinajstić information content (AvgIpc) is 2.37. The van der Waals surface area contributed by atoms with Crippen LogP contribution in [0.5, 0.6) is 17.2 Å². The molecule has 1 aromatic heterocycles. The van der Waals surface area contributed by atoms with Crippen molar-refractivity contribution in [1.82, 2.24) is 4.98 Å². The Morgan fingerprint density at radius 2 is 1.90 bits per heavy atom. The first kappa shape index (κ1) is 14.8. The van der Waals surface area contributed by atoms with Gasteiger partial charge in [-0.2, -0.15) is 0 Å². The highest BCUT2D eigenvalue weighted by Gasteiger charge is 2.15. The Hall–Kier alpha value is -1.60. The van der Waals surface area contributed by atoms with E-state index < -0.39 is 9.84 Å². The molecule has 5 nitrogen and oxygen atoms in total. The molecule has 0 N–H and O–H groups in total. The number of halogens is 1. The second-order valence-electron chi connectivity index (χ2n) is 4.03. The molecular formula is C13H12BrNO4S. The lowest BCUT2D eigenvalue weighted by Gasteiger charge is -2.10. The van der Waals surface area contributed by atoms with Crippen molar-refractivity contribution in [2.45, 2.75) is 4.90 Å². The molecule has 0 saturated heterocycles. The Bertz CT molecular complexity index is 731. The predicted molar refractivity (Wildman–Crippen MR) is 78.1 cm³/mol. The summed E-state index contributed by atoms with van der Waals surface area (Å²) in [4.78, 5) is 4.05. The summed E-state index contributed by atoms with van der Waals surface area (Å²) in [5.41, 5.74) is 0. The van der Waals surface area contributed by atoms with E-state index >= 15 is 0 Å². The van der Waals surface area contributed by atoms with Gasteiger partial charge in [-0.1, -0.05) is 0 Å². The van der Waals surface area contributed by atoms with Crippen molar-refractivity contribution in [3.8, 4) is 17.2 Å². The van der Waals surface area contributed by atoms with Gasteiger partial charge in [0.25, 0.3) is 0 Å². The van der Waals surface area contributed by atoms with E-state index in [1.54, 1.807) is 24.4 Å². The molecule has 2 aromatic rings. The van der Waals surface area contributed by atoms with Crippen LogP contribution in [-0.4, -0.2) is 26.8 Å². The van der Waals surface area contributed by atoms with Crippen molar-refractivity contribution in [3.05, 3.63) is 41.1 Å². The quantitative estimate of drug-likeness (QED) is 0.841. The summed E-state index contributed by atoms with van der Waals surface area (Å²) in [6.07, 6.45) is 4.28. The number of aromatic nitrogens is 1. The van der Waals surface area contributed by atoms with E-state index in [9.17, 15) is 8.42 Å². The zero-order chi connectivity index (χ0) is 14.8. The number of ether oxygens (including phenoxy) is 2. The monoisotopic (exact) mass is 357 g/mol. The van der Waals surface area contributed by atoms with Gasteiger partial charge >= 0.3 is 0 Å². The Morgan fingerprint density at radius 3 is 2.50 bits per heavy atom. The second kappa shape index (κ2) is 5.80. The molecule has 0 aliphatic rings. The van der Waals surface area contributed by atoms with Gasteiger partial charge in [0.15, 0.2) is 9.84 Å². The number of hydrogen-bond acceptors (Lipinski definition) is 5. The predicted octanol–water partition coefficient (Wildman–Crippen LogP) is 3.05. The lowest BCUT2D eigenvalue weighted by molar-refractivity contribution is 0.400. The van der Waals surface area contributed by atoms with Crippen molar-refractivity contribution < 1.29 is 17.9 Å².